The summed E-state index contributed by atoms with van der Waals surface area (Å²) in [7, 11) is 0. The zero-order valence-corrected chi connectivity index (χ0v) is 12.9. The first-order chi connectivity index (χ1) is 11.2. The van der Waals surface area contributed by atoms with E-state index in [0.717, 1.165) is 12.0 Å². The fourth-order valence-electron chi connectivity index (χ4n) is 2.60. The highest BCUT2D eigenvalue weighted by Gasteiger charge is 2.20. The van der Waals surface area contributed by atoms with Crippen LogP contribution < -0.4 is 9.47 Å². The minimum atomic E-state index is -0.497. The molecule has 0 amide bonds. The van der Waals surface area contributed by atoms with Crippen molar-refractivity contribution < 1.29 is 14.3 Å². The second-order valence-corrected chi connectivity index (χ2v) is 5.47. The second-order valence-electron chi connectivity index (χ2n) is 5.47. The summed E-state index contributed by atoms with van der Waals surface area (Å²) in [5.41, 5.74) is 2.60. The zero-order valence-electron chi connectivity index (χ0n) is 12.9. The van der Waals surface area contributed by atoms with Crippen LogP contribution in [0, 0.1) is 11.3 Å². The van der Waals surface area contributed by atoms with Crippen LogP contribution in [0.4, 0.5) is 0 Å². The summed E-state index contributed by atoms with van der Waals surface area (Å²) < 4.78 is 10.6. The topological polar surface area (TPSA) is 59.3 Å². The Kier molecular flexibility index (Phi) is 4.29. The average Bonchev–Trinajstić information content (AvgIpc) is 3.07. The molecule has 1 aliphatic heterocycles. The van der Waals surface area contributed by atoms with Gasteiger partial charge in [0.1, 0.15) is 0 Å². The monoisotopic (exact) mass is 307 g/mol. The largest absolute Gasteiger partial charge is 0.454 e. The van der Waals surface area contributed by atoms with Gasteiger partial charge in [0.15, 0.2) is 17.3 Å². The van der Waals surface area contributed by atoms with E-state index in [-0.39, 0.29) is 19.0 Å². The predicted molar refractivity (Wildman–Crippen MR) is 85.7 cm³/mol. The highest BCUT2D eigenvalue weighted by atomic mass is 16.7. The van der Waals surface area contributed by atoms with Crippen molar-refractivity contribution in [3.8, 4) is 17.6 Å². The number of fused-ring (bicyclic) bond motifs is 1. The first-order valence-electron chi connectivity index (χ1n) is 7.62. The molecule has 0 aromatic heterocycles. The van der Waals surface area contributed by atoms with Gasteiger partial charge in [0.25, 0.3) is 0 Å². The molecule has 0 radical (unpaired) electrons. The van der Waals surface area contributed by atoms with Gasteiger partial charge in [-0.2, -0.15) is 5.26 Å². The molecular formula is C19H17NO3. The first kappa shape index (κ1) is 15.1. The van der Waals surface area contributed by atoms with E-state index in [9.17, 15) is 10.1 Å². The van der Waals surface area contributed by atoms with Crippen molar-refractivity contribution in [2.24, 2.45) is 0 Å². The van der Waals surface area contributed by atoms with Crippen LogP contribution in [0.5, 0.6) is 11.5 Å². The lowest BCUT2D eigenvalue weighted by Gasteiger charge is -2.10. The molecule has 0 spiro atoms. The van der Waals surface area contributed by atoms with E-state index in [2.05, 4.69) is 13.0 Å². The second kappa shape index (κ2) is 6.53. The minimum absolute atomic E-state index is 0.0307. The van der Waals surface area contributed by atoms with E-state index in [1.165, 1.54) is 5.56 Å². The molecule has 1 heterocycles. The van der Waals surface area contributed by atoms with Gasteiger partial charge in [0.2, 0.25) is 6.79 Å². The van der Waals surface area contributed by atoms with E-state index in [4.69, 9.17) is 9.47 Å². The standard InChI is InChI=1S/C19H17NO3/c1-2-13-3-5-14(6-4-13)17(21)9-16(11-20)15-7-8-18-19(10-15)23-12-22-18/h3-8,10,16H,2,9,12H2,1H3. The average molecular weight is 307 g/mol. The van der Waals surface area contributed by atoms with E-state index in [0.29, 0.717) is 17.1 Å². The molecule has 1 unspecified atom stereocenters. The third kappa shape index (κ3) is 3.19. The predicted octanol–water partition coefficient (Wildman–Crippen LogP) is 3.86. The molecule has 0 aliphatic carbocycles. The van der Waals surface area contributed by atoms with E-state index < -0.39 is 5.92 Å². The molecule has 3 rings (SSSR count). The Labute approximate surface area is 135 Å². The summed E-state index contributed by atoms with van der Waals surface area (Å²) in [4.78, 5) is 12.4. The molecule has 23 heavy (non-hydrogen) atoms. The van der Waals surface area contributed by atoms with Crippen molar-refractivity contribution in [1.29, 1.82) is 5.26 Å². The lowest BCUT2D eigenvalue weighted by Crippen LogP contribution is -2.06. The highest BCUT2D eigenvalue weighted by Crippen LogP contribution is 2.35. The van der Waals surface area contributed by atoms with Crippen LogP contribution >= 0.6 is 0 Å². The quantitative estimate of drug-likeness (QED) is 0.787. The Morgan fingerprint density at radius 1 is 1.17 bits per heavy atom. The summed E-state index contributed by atoms with van der Waals surface area (Å²) in [6.45, 7) is 2.26. The number of nitriles is 1. The maximum atomic E-state index is 12.4. The van der Waals surface area contributed by atoms with Gasteiger partial charge in [-0.15, -0.1) is 0 Å². The summed E-state index contributed by atoms with van der Waals surface area (Å²) in [6, 6.07) is 15.2. The SMILES string of the molecule is CCc1ccc(C(=O)CC(C#N)c2ccc3c(c2)OCO3)cc1. The van der Waals surface area contributed by atoms with Gasteiger partial charge >= 0.3 is 0 Å². The Balaban J connectivity index is 1.76. The number of Topliss-reactive ketones (excluding diaryl/α,β-unsaturated/α-hetero) is 1. The fraction of sp³-hybridized carbons (Fsp3) is 0.263. The summed E-state index contributed by atoms with van der Waals surface area (Å²) in [6.07, 6.45) is 1.09. The number of aryl methyl sites for hydroxylation is 1. The number of ether oxygens (including phenoxy) is 2. The number of hydrogen-bond acceptors (Lipinski definition) is 4. The molecule has 4 heteroatoms. The van der Waals surface area contributed by atoms with Gasteiger partial charge in [-0.3, -0.25) is 4.79 Å². The lowest BCUT2D eigenvalue weighted by molar-refractivity contribution is 0.0979. The van der Waals surface area contributed by atoms with Crippen LogP contribution in [0.15, 0.2) is 42.5 Å². The molecule has 0 fully saturated rings. The molecule has 2 aromatic carbocycles. The van der Waals surface area contributed by atoms with Crippen molar-refractivity contribution >= 4 is 5.78 Å². The maximum Gasteiger partial charge on any atom is 0.231 e. The van der Waals surface area contributed by atoms with Crippen LogP contribution in [-0.4, -0.2) is 12.6 Å². The molecular weight excluding hydrogens is 290 g/mol. The third-order valence-corrected chi connectivity index (χ3v) is 4.03. The van der Waals surface area contributed by atoms with Crippen molar-refractivity contribution in [2.75, 3.05) is 6.79 Å². The smallest absolute Gasteiger partial charge is 0.231 e. The number of benzene rings is 2. The van der Waals surface area contributed by atoms with Crippen LogP contribution in [0.2, 0.25) is 0 Å². The van der Waals surface area contributed by atoms with Crippen molar-refractivity contribution in [3.05, 3.63) is 59.2 Å². The van der Waals surface area contributed by atoms with Crippen LogP contribution in [0.3, 0.4) is 0 Å². The number of nitrogens with zero attached hydrogens (tertiary/aromatic N) is 1. The number of hydrogen-bond donors (Lipinski definition) is 0. The number of ketones is 1. The molecule has 0 bridgehead atoms. The molecule has 0 saturated heterocycles. The lowest BCUT2D eigenvalue weighted by atomic mass is 9.92. The van der Waals surface area contributed by atoms with E-state index >= 15 is 0 Å². The van der Waals surface area contributed by atoms with Gasteiger partial charge < -0.3 is 9.47 Å². The van der Waals surface area contributed by atoms with Crippen LogP contribution in [0.25, 0.3) is 0 Å². The normalized spacial score (nSPS) is 13.4. The molecule has 2 aromatic rings. The zero-order chi connectivity index (χ0) is 16.2. The number of carbonyl (C=O) groups is 1. The van der Waals surface area contributed by atoms with Gasteiger partial charge in [0.05, 0.1) is 12.0 Å². The summed E-state index contributed by atoms with van der Waals surface area (Å²) in [5.74, 6) is 0.772. The summed E-state index contributed by atoms with van der Waals surface area (Å²) in [5, 5.41) is 9.43. The molecule has 0 N–H and O–H groups in total. The highest BCUT2D eigenvalue weighted by molar-refractivity contribution is 5.96. The Morgan fingerprint density at radius 3 is 2.61 bits per heavy atom. The van der Waals surface area contributed by atoms with Gasteiger partial charge in [-0.05, 0) is 29.7 Å². The van der Waals surface area contributed by atoms with Gasteiger partial charge in [0, 0.05) is 12.0 Å². The Hall–Kier alpha value is -2.80. The van der Waals surface area contributed by atoms with Gasteiger partial charge in [-0.25, -0.2) is 0 Å². The molecule has 1 aliphatic rings. The third-order valence-electron chi connectivity index (χ3n) is 4.03. The minimum Gasteiger partial charge on any atom is -0.454 e. The molecule has 1 atom stereocenters. The molecule has 4 nitrogen and oxygen atoms in total. The van der Waals surface area contributed by atoms with E-state index in [1.807, 2.05) is 30.3 Å². The van der Waals surface area contributed by atoms with E-state index in [1.54, 1.807) is 12.1 Å². The fourth-order valence-corrected chi connectivity index (χ4v) is 2.60. The van der Waals surface area contributed by atoms with Crippen molar-refractivity contribution in [2.45, 2.75) is 25.7 Å². The number of rotatable bonds is 5. The van der Waals surface area contributed by atoms with Crippen molar-refractivity contribution in [1.82, 2.24) is 0 Å². The maximum absolute atomic E-state index is 12.4. The Morgan fingerprint density at radius 2 is 1.91 bits per heavy atom. The van der Waals surface area contributed by atoms with Crippen LogP contribution in [-0.2, 0) is 6.42 Å². The van der Waals surface area contributed by atoms with Gasteiger partial charge in [-0.1, -0.05) is 37.3 Å². The first-order valence-corrected chi connectivity index (χ1v) is 7.62. The summed E-state index contributed by atoms with van der Waals surface area (Å²) >= 11 is 0. The number of carbonyl (C=O) groups excluding carboxylic acids is 1. The molecule has 116 valence electrons. The molecule has 0 saturated carbocycles. The van der Waals surface area contributed by atoms with Crippen molar-refractivity contribution in [3.63, 3.8) is 0 Å². The Bertz CT molecular complexity index is 759. The van der Waals surface area contributed by atoms with Crippen LogP contribution in [0.1, 0.15) is 40.7 Å².